The molecule has 1 aromatic heterocycles. The smallest absolute Gasteiger partial charge is 0.121 e. The molecule has 0 fully saturated rings. The Labute approximate surface area is 108 Å². The minimum atomic E-state index is 0.118. The van der Waals surface area contributed by atoms with Crippen LogP contribution >= 0.6 is 0 Å². The van der Waals surface area contributed by atoms with E-state index in [0.29, 0.717) is 12.5 Å². The molecule has 18 heavy (non-hydrogen) atoms. The summed E-state index contributed by atoms with van der Waals surface area (Å²) in [6.07, 6.45) is 3.80. The molecule has 0 amide bonds. The molecule has 2 N–H and O–H groups in total. The monoisotopic (exact) mass is 250 g/mol. The van der Waals surface area contributed by atoms with Gasteiger partial charge in [0.2, 0.25) is 0 Å². The second kappa shape index (κ2) is 6.83. The summed E-state index contributed by atoms with van der Waals surface area (Å²) in [6, 6.07) is 0. The highest BCUT2D eigenvalue weighted by atomic mass is 16.5. The Balaban J connectivity index is 3.11. The van der Waals surface area contributed by atoms with Crippen LogP contribution in [0.15, 0.2) is 23.3 Å². The molecule has 0 saturated carbocycles. The van der Waals surface area contributed by atoms with Crippen LogP contribution in [0.5, 0.6) is 0 Å². The third kappa shape index (κ3) is 3.91. The molecule has 0 aliphatic rings. The Bertz CT molecular complexity index is 393. The van der Waals surface area contributed by atoms with Gasteiger partial charge in [0.1, 0.15) is 5.76 Å². The highest BCUT2D eigenvalue weighted by Gasteiger charge is 2.16. The summed E-state index contributed by atoms with van der Waals surface area (Å²) in [6.45, 7) is 12.2. The van der Waals surface area contributed by atoms with E-state index < -0.39 is 0 Å². The van der Waals surface area contributed by atoms with Crippen LogP contribution in [0.1, 0.15) is 33.3 Å². The van der Waals surface area contributed by atoms with Gasteiger partial charge in [-0.1, -0.05) is 13.8 Å². The molecule has 0 bridgehead atoms. The lowest BCUT2D eigenvalue weighted by Gasteiger charge is -2.20. The number of rotatable bonds is 7. The molecular formula is C13H22N4O. The van der Waals surface area contributed by atoms with Crippen molar-refractivity contribution < 1.29 is 4.74 Å². The number of ether oxygens (including phenoxy) is 1. The first-order valence-corrected chi connectivity index (χ1v) is 6.13. The fourth-order valence-electron chi connectivity index (χ4n) is 1.83. The molecule has 0 atom stereocenters. The summed E-state index contributed by atoms with van der Waals surface area (Å²) >= 11 is 0. The van der Waals surface area contributed by atoms with Gasteiger partial charge in [-0.15, -0.1) is 0 Å². The van der Waals surface area contributed by atoms with Crippen molar-refractivity contribution in [3.8, 4) is 0 Å². The van der Waals surface area contributed by atoms with Crippen molar-refractivity contribution in [2.45, 2.75) is 33.8 Å². The normalized spacial score (nSPS) is 12.6. The maximum absolute atomic E-state index is 5.89. The SMILES string of the molecule is C=NNC/C(OC(C)C)=C(/c1cn[nH]c1)C(C)C. The van der Waals surface area contributed by atoms with Gasteiger partial charge in [0.25, 0.3) is 0 Å². The standard InChI is InChI=1S/C13H22N4O/c1-9(2)13(11-6-16-17-7-11)12(8-15-14-5)18-10(3)4/h6-7,9-10,15H,5,8H2,1-4H3,(H,16,17)/b13-12-. The van der Waals surface area contributed by atoms with Crippen LogP contribution in [0.4, 0.5) is 0 Å². The number of nitrogens with zero attached hydrogens (tertiary/aromatic N) is 2. The molecule has 1 rings (SSSR count). The number of allylic oxidation sites excluding steroid dienone is 1. The average molecular weight is 250 g/mol. The van der Waals surface area contributed by atoms with Crippen molar-refractivity contribution in [3.63, 3.8) is 0 Å². The summed E-state index contributed by atoms with van der Waals surface area (Å²) in [5.74, 6) is 1.22. The van der Waals surface area contributed by atoms with Crippen LogP contribution in [-0.2, 0) is 4.74 Å². The first-order valence-electron chi connectivity index (χ1n) is 6.13. The van der Waals surface area contributed by atoms with Crippen molar-refractivity contribution in [2.75, 3.05) is 6.54 Å². The topological polar surface area (TPSA) is 62.3 Å². The van der Waals surface area contributed by atoms with Crippen LogP contribution in [0.2, 0.25) is 0 Å². The molecule has 0 unspecified atom stereocenters. The van der Waals surface area contributed by atoms with Crippen molar-refractivity contribution in [1.82, 2.24) is 15.6 Å². The van der Waals surface area contributed by atoms with Gasteiger partial charge in [-0.2, -0.15) is 10.2 Å². The number of aromatic amines is 1. The fourth-order valence-corrected chi connectivity index (χ4v) is 1.83. The Morgan fingerprint density at radius 2 is 2.22 bits per heavy atom. The third-order valence-corrected chi connectivity index (χ3v) is 2.42. The summed E-state index contributed by atoms with van der Waals surface area (Å²) in [4.78, 5) is 0. The fraction of sp³-hybridized carbons (Fsp3) is 0.538. The molecule has 100 valence electrons. The molecule has 0 radical (unpaired) electrons. The number of aromatic nitrogens is 2. The molecule has 0 aliphatic heterocycles. The van der Waals surface area contributed by atoms with Gasteiger partial charge in [-0.25, -0.2) is 0 Å². The predicted molar refractivity (Wildman–Crippen MR) is 74.1 cm³/mol. The van der Waals surface area contributed by atoms with E-state index >= 15 is 0 Å². The van der Waals surface area contributed by atoms with Gasteiger partial charge < -0.3 is 10.2 Å². The zero-order chi connectivity index (χ0) is 13.5. The van der Waals surface area contributed by atoms with E-state index in [2.05, 4.69) is 41.3 Å². The highest BCUT2D eigenvalue weighted by molar-refractivity contribution is 5.68. The van der Waals surface area contributed by atoms with E-state index in [-0.39, 0.29) is 6.10 Å². The second-order valence-electron chi connectivity index (χ2n) is 4.64. The lowest BCUT2D eigenvalue weighted by molar-refractivity contribution is 0.142. The number of hydrogen-bond acceptors (Lipinski definition) is 4. The second-order valence-corrected chi connectivity index (χ2v) is 4.64. The van der Waals surface area contributed by atoms with Gasteiger partial charge in [0.15, 0.2) is 0 Å². The summed E-state index contributed by atoms with van der Waals surface area (Å²) in [7, 11) is 0. The van der Waals surface area contributed by atoms with Gasteiger partial charge in [0.05, 0.1) is 18.8 Å². The summed E-state index contributed by atoms with van der Waals surface area (Å²) in [5.41, 5.74) is 5.03. The van der Waals surface area contributed by atoms with E-state index in [9.17, 15) is 0 Å². The quantitative estimate of drug-likeness (QED) is 0.444. The van der Waals surface area contributed by atoms with Crippen molar-refractivity contribution >= 4 is 12.3 Å². The van der Waals surface area contributed by atoms with Gasteiger partial charge in [-0.05, 0) is 19.8 Å². The molecule has 0 aliphatic carbocycles. The van der Waals surface area contributed by atoms with Gasteiger partial charge in [-0.3, -0.25) is 5.10 Å². The third-order valence-electron chi connectivity index (χ3n) is 2.42. The van der Waals surface area contributed by atoms with E-state index in [0.717, 1.165) is 16.9 Å². The lowest BCUT2D eigenvalue weighted by Crippen LogP contribution is -2.17. The number of hydrogen-bond donors (Lipinski definition) is 2. The van der Waals surface area contributed by atoms with Crippen LogP contribution in [-0.4, -0.2) is 29.6 Å². The van der Waals surface area contributed by atoms with Crippen molar-refractivity contribution in [2.24, 2.45) is 11.0 Å². The largest absolute Gasteiger partial charge is 0.493 e. The van der Waals surface area contributed by atoms with Crippen LogP contribution < -0.4 is 5.43 Å². The van der Waals surface area contributed by atoms with Crippen LogP contribution in [0, 0.1) is 5.92 Å². The van der Waals surface area contributed by atoms with Crippen LogP contribution in [0.3, 0.4) is 0 Å². The van der Waals surface area contributed by atoms with Crippen LogP contribution in [0.25, 0.3) is 5.57 Å². The van der Waals surface area contributed by atoms with Gasteiger partial charge in [0, 0.05) is 24.1 Å². The minimum Gasteiger partial charge on any atom is -0.493 e. The van der Waals surface area contributed by atoms with Crippen molar-refractivity contribution in [1.29, 1.82) is 0 Å². The number of H-pyrrole nitrogens is 1. The van der Waals surface area contributed by atoms with E-state index in [1.165, 1.54) is 0 Å². The zero-order valence-electron chi connectivity index (χ0n) is 11.5. The molecule has 0 spiro atoms. The first kappa shape index (κ1) is 14.3. The highest BCUT2D eigenvalue weighted by Crippen LogP contribution is 2.27. The average Bonchev–Trinajstić information content (AvgIpc) is 2.78. The van der Waals surface area contributed by atoms with Crippen molar-refractivity contribution in [3.05, 3.63) is 23.7 Å². The molecule has 0 aromatic carbocycles. The zero-order valence-corrected chi connectivity index (χ0v) is 11.5. The van der Waals surface area contributed by atoms with E-state index in [4.69, 9.17) is 4.74 Å². The van der Waals surface area contributed by atoms with Gasteiger partial charge >= 0.3 is 0 Å². The Morgan fingerprint density at radius 1 is 1.50 bits per heavy atom. The predicted octanol–water partition coefficient (Wildman–Crippen LogP) is 2.41. The Kier molecular flexibility index (Phi) is 5.42. The summed E-state index contributed by atoms with van der Waals surface area (Å²) < 4.78 is 5.89. The van der Waals surface area contributed by atoms with E-state index in [1.54, 1.807) is 6.20 Å². The lowest BCUT2D eigenvalue weighted by atomic mass is 9.96. The Hall–Kier alpha value is -1.78. The Morgan fingerprint density at radius 3 is 2.67 bits per heavy atom. The maximum Gasteiger partial charge on any atom is 0.121 e. The molecular weight excluding hydrogens is 228 g/mol. The van der Waals surface area contributed by atoms with E-state index in [1.807, 2.05) is 20.0 Å². The molecule has 1 aromatic rings. The maximum atomic E-state index is 5.89. The molecule has 0 saturated heterocycles. The molecule has 5 heteroatoms. The number of hydrazone groups is 1. The number of nitrogens with one attached hydrogen (secondary N) is 2. The first-order chi connectivity index (χ1) is 8.56. The summed E-state index contributed by atoms with van der Waals surface area (Å²) in [5, 5.41) is 10.5. The molecule has 1 heterocycles. The minimum absolute atomic E-state index is 0.118. The molecule has 5 nitrogen and oxygen atoms in total.